The van der Waals surface area contributed by atoms with Crippen LogP contribution in [0.4, 0.5) is 19.3 Å². The molecule has 6 fully saturated rings. The lowest BCUT2D eigenvalue weighted by Gasteiger charge is -2.54. The molecule has 2 aromatic rings. The van der Waals surface area contributed by atoms with Gasteiger partial charge in [-0.05, 0) is 138 Å². The van der Waals surface area contributed by atoms with E-state index < -0.39 is 32.5 Å². The van der Waals surface area contributed by atoms with Crippen molar-refractivity contribution in [3.63, 3.8) is 0 Å². The maximum absolute atomic E-state index is 16.3. The van der Waals surface area contributed by atoms with Crippen LogP contribution in [0.15, 0.2) is 53.4 Å². The van der Waals surface area contributed by atoms with E-state index in [9.17, 15) is 23.1 Å². The molecule has 8 rings (SSSR count). The van der Waals surface area contributed by atoms with Crippen LogP contribution in [-0.2, 0) is 24.8 Å². The smallest absolute Gasteiger partial charge is 0.407 e. The van der Waals surface area contributed by atoms with Crippen LogP contribution in [0.1, 0.15) is 69.8 Å². The maximum atomic E-state index is 16.3. The summed E-state index contributed by atoms with van der Waals surface area (Å²) < 4.78 is 63.3. The second-order valence-corrected chi connectivity index (χ2v) is 19.8. The van der Waals surface area contributed by atoms with Gasteiger partial charge in [0.05, 0.1) is 30.3 Å². The first-order chi connectivity index (χ1) is 26.8. The Morgan fingerprint density at radius 3 is 2.21 bits per heavy atom. The predicted octanol–water partition coefficient (Wildman–Crippen LogP) is 4.52. The summed E-state index contributed by atoms with van der Waals surface area (Å²) in [6.45, 7) is 5.68. The molecule has 11 nitrogen and oxygen atoms in total. The van der Waals surface area contributed by atoms with Crippen LogP contribution in [-0.4, -0.2) is 135 Å². The van der Waals surface area contributed by atoms with E-state index in [1.54, 1.807) is 41.3 Å². The van der Waals surface area contributed by atoms with Gasteiger partial charge >= 0.3 is 6.09 Å². The molecule has 0 spiro atoms. The highest BCUT2D eigenvalue weighted by Crippen LogP contribution is 2.52. The van der Waals surface area contributed by atoms with E-state index in [1.165, 1.54) is 13.2 Å². The summed E-state index contributed by atoms with van der Waals surface area (Å²) >= 11 is 0. The third-order valence-corrected chi connectivity index (χ3v) is 16.3. The number of hydrogen-bond donors (Lipinski definition) is 2. The Hall–Kier alpha value is -3.33. The summed E-state index contributed by atoms with van der Waals surface area (Å²) in [6.07, 6.45) is 6.76. The van der Waals surface area contributed by atoms with Crippen molar-refractivity contribution in [3.8, 4) is 0 Å². The normalized spacial score (nSPS) is 26.9. The number of hydrogen-bond acceptors (Lipinski definition) is 9. The lowest BCUT2D eigenvalue weighted by atomic mass is 9.57. The van der Waals surface area contributed by atoms with Crippen LogP contribution in [0.25, 0.3) is 0 Å². The van der Waals surface area contributed by atoms with Gasteiger partial charge in [0.15, 0.2) is 15.5 Å². The quantitative estimate of drug-likeness (QED) is 0.320. The van der Waals surface area contributed by atoms with Crippen LogP contribution < -0.4 is 10.2 Å². The molecular weight excluding hydrogens is 741 g/mol. The van der Waals surface area contributed by atoms with Gasteiger partial charge in [-0.25, -0.2) is 22.0 Å². The highest BCUT2D eigenvalue weighted by Gasteiger charge is 2.54. The van der Waals surface area contributed by atoms with Gasteiger partial charge in [-0.1, -0.05) is 18.6 Å². The van der Waals surface area contributed by atoms with E-state index >= 15 is 8.78 Å². The molecule has 2 saturated carbocycles. The first-order valence-corrected chi connectivity index (χ1v) is 22.2. The number of nitrogens with one attached hydrogen (secondary N) is 1. The Kier molecular flexibility index (Phi) is 10.9. The fourth-order valence-corrected chi connectivity index (χ4v) is 12.4. The number of rotatable bonds is 12. The number of halogens is 2. The number of likely N-dealkylation sites (tertiary alicyclic amines) is 3. The van der Waals surface area contributed by atoms with Crippen molar-refractivity contribution in [2.24, 2.45) is 11.8 Å². The molecule has 306 valence electrons. The lowest BCUT2D eigenvalue weighted by molar-refractivity contribution is -0.143. The second kappa shape index (κ2) is 15.4. The Morgan fingerprint density at radius 1 is 0.911 bits per heavy atom. The Balaban J connectivity index is 0.892. The highest BCUT2D eigenvalue weighted by molar-refractivity contribution is 7.92. The van der Waals surface area contributed by atoms with Gasteiger partial charge in [-0.2, -0.15) is 0 Å². The van der Waals surface area contributed by atoms with Crippen molar-refractivity contribution >= 4 is 27.5 Å². The summed E-state index contributed by atoms with van der Waals surface area (Å²) in [5.74, 6) is -0.209. The molecule has 3 atom stereocenters. The third kappa shape index (κ3) is 7.67. The minimum atomic E-state index is -3.60. The molecule has 0 bridgehead atoms. The zero-order valence-electron chi connectivity index (χ0n) is 32.5. The molecule has 56 heavy (non-hydrogen) atoms. The molecule has 2 amide bonds. The zero-order valence-corrected chi connectivity index (χ0v) is 33.3. The zero-order chi connectivity index (χ0) is 39.3. The topological polar surface area (TPSA) is 123 Å². The Labute approximate surface area is 329 Å². The highest BCUT2D eigenvalue weighted by atomic mass is 32.2. The number of piperidine rings is 2. The number of aliphatic hydroxyl groups is 1. The maximum Gasteiger partial charge on any atom is 0.407 e. The molecule has 6 aliphatic rings. The molecule has 0 aromatic heterocycles. The van der Waals surface area contributed by atoms with Gasteiger partial charge < -0.3 is 29.9 Å². The number of carbonyl (C=O) groups excluding carboxylic acids is 2. The van der Waals surface area contributed by atoms with Crippen molar-refractivity contribution in [1.82, 2.24) is 20.0 Å². The van der Waals surface area contributed by atoms with E-state index in [2.05, 4.69) is 21.2 Å². The SMILES string of the molecule is COC(=O)N[C@H]1CCC[C@@H]1[C@](CN1CCC1)(c1cccc(F)c1)C1CCN(CC2(F)CN(c3ccc(S(=O)(=O)C4CCN(C(=O)C5(O)CC5)CC4)cc3)C2)CC1. The Bertz CT molecular complexity index is 1850. The molecule has 4 saturated heterocycles. The number of sulfone groups is 1. The van der Waals surface area contributed by atoms with E-state index in [4.69, 9.17) is 4.74 Å². The Morgan fingerprint density at radius 2 is 1.61 bits per heavy atom. The van der Waals surface area contributed by atoms with Gasteiger partial charge in [0.2, 0.25) is 0 Å². The summed E-state index contributed by atoms with van der Waals surface area (Å²) in [5.41, 5.74) is -1.24. The van der Waals surface area contributed by atoms with Crippen LogP contribution >= 0.6 is 0 Å². The molecule has 2 N–H and O–H groups in total. The largest absolute Gasteiger partial charge is 0.453 e. The van der Waals surface area contributed by atoms with Crippen LogP contribution in [0.5, 0.6) is 0 Å². The predicted molar refractivity (Wildman–Crippen MR) is 208 cm³/mol. The van der Waals surface area contributed by atoms with E-state index in [0.29, 0.717) is 45.3 Å². The third-order valence-electron chi connectivity index (χ3n) is 14.1. The molecule has 2 aliphatic carbocycles. The summed E-state index contributed by atoms with van der Waals surface area (Å²) in [4.78, 5) is 33.5. The van der Waals surface area contributed by atoms with E-state index in [1.807, 2.05) is 4.90 Å². The average molecular weight is 798 g/mol. The summed E-state index contributed by atoms with van der Waals surface area (Å²) in [6, 6.07) is 13.7. The van der Waals surface area contributed by atoms with Crippen LogP contribution in [0.2, 0.25) is 0 Å². The number of alkyl halides is 1. The van der Waals surface area contributed by atoms with Crippen LogP contribution in [0, 0.1) is 17.7 Å². The van der Waals surface area contributed by atoms with Gasteiger partial charge in [0, 0.05) is 43.3 Å². The first-order valence-electron chi connectivity index (χ1n) is 20.7. The number of alkyl carbamates (subject to hydrolysis) is 1. The van der Waals surface area contributed by atoms with Crippen molar-refractivity contribution in [2.75, 3.05) is 77.5 Å². The fourth-order valence-electron chi connectivity index (χ4n) is 10.7. The molecule has 2 aromatic carbocycles. The van der Waals surface area contributed by atoms with Gasteiger partial charge in [-0.3, -0.25) is 9.69 Å². The molecule has 4 aliphatic heterocycles. The monoisotopic (exact) mass is 797 g/mol. The lowest BCUT2D eigenvalue weighted by Crippen LogP contribution is -2.65. The number of benzene rings is 2. The standard InChI is InChI=1S/C42H57F2N5O6S/c1-55-39(51)45-37-8-3-7-36(37)42(29-46-19-4-20-46,31-5-2-6-32(43)25-31)30-13-21-47(22-14-30)26-40(44)27-49(28-40)33-9-11-34(12-10-33)56(53,54)35-15-23-48(24-16-35)38(50)41(52)17-18-41/h2,5-6,9-12,25,30,35-37,52H,3-4,7-8,13-24,26-29H2,1H3,(H,45,51)/t36-,37-,42-/m0/s1. The van der Waals surface area contributed by atoms with Crippen molar-refractivity contribution in [1.29, 1.82) is 0 Å². The van der Waals surface area contributed by atoms with Crippen molar-refractivity contribution < 1.29 is 36.6 Å². The van der Waals surface area contributed by atoms with Crippen molar-refractivity contribution in [3.05, 3.63) is 59.9 Å². The summed E-state index contributed by atoms with van der Waals surface area (Å²) in [5, 5.41) is 12.7. The minimum absolute atomic E-state index is 0.0771. The van der Waals surface area contributed by atoms with Gasteiger partial charge in [0.25, 0.3) is 5.91 Å². The fraction of sp³-hybridized carbons (Fsp3) is 0.667. The molecule has 0 radical (unpaired) electrons. The number of ether oxygens (including phenoxy) is 1. The second-order valence-electron chi connectivity index (χ2n) is 17.6. The van der Waals surface area contributed by atoms with E-state index in [-0.39, 0.29) is 53.0 Å². The number of amides is 2. The van der Waals surface area contributed by atoms with Crippen molar-refractivity contribution in [2.45, 2.75) is 97.1 Å². The minimum Gasteiger partial charge on any atom is -0.453 e. The summed E-state index contributed by atoms with van der Waals surface area (Å²) in [7, 11) is -2.22. The molecule has 14 heteroatoms. The average Bonchev–Trinajstić information content (AvgIpc) is 3.76. The first kappa shape index (κ1) is 39.5. The van der Waals surface area contributed by atoms with E-state index in [0.717, 1.165) is 82.5 Å². The molecule has 0 unspecified atom stereocenters. The molecular formula is C42H57F2N5O6S. The number of methoxy groups -OCH3 is 1. The van der Waals surface area contributed by atoms with Gasteiger partial charge in [0.1, 0.15) is 11.4 Å². The van der Waals surface area contributed by atoms with Gasteiger partial charge in [-0.15, -0.1) is 0 Å². The molecule has 4 heterocycles. The number of carbonyl (C=O) groups is 2. The number of anilines is 1. The number of nitrogens with zero attached hydrogens (tertiary/aromatic N) is 4. The van der Waals surface area contributed by atoms with Crippen LogP contribution in [0.3, 0.4) is 0 Å².